The molecule has 1 rings (SSSR count). The van der Waals surface area contributed by atoms with E-state index in [0.29, 0.717) is 38.5 Å². The second-order valence-electron chi connectivity index (χ2n) is 12.7. The van der Waals surface area contributed by atoms with Crippen LogP contribution in [0, 0.1) is 0 Å². The second-order valence-corrected chi connectivity index (χ2v) is 12.7. The molecule has 0 aromatic rings. The largest absolute Gasteiger partial charge is 0.462 e. The van der Waals surface area contributed by atoms with E-state index < -0.39 is 0 Å². The molecule has 0 saturated heterocycles. The summed E-state index contributed by atoms with van der Waals surface area (Å²) in [4.78, 5) is 37.8. The third-order valence-electron chi connectivity index (χ3n) is 8.43. The minimum atomic E-state index is -0.386. The van der Waals surface area contributed by atoms with Crippen molar-refractivity contribution in [3.63, 3.8) is 0 Å². The third-order valence-corrected chi connectivity index (χ3v) is 8.43. The first-order valence-electron chi connectivity index (χ1n) is 18.1. The lowest BCUT2D eigenvalue weighted by molar-refractivity contribution is -0.169. The van der Waals surface area contributed by atoms with Gasteiger partial charge in [0.2, 0.25) is 0 Å². The molecule has 0 aliphatic heterocycles. The highest BCUT2D eigenvalue weighted by Gasteiger charge is 2.35. The molecule has 0 heterocycles. The van der Waals surface area contributed by atoms with Crippen molar-refractivity contribution in [2.24, 2.45) is 0 Å². The van der Waals surface area contributed by atoms with E-state index in [4.69, 9.17) is 14.2 Å². The van der Waals surface area contributed by atoms with E-state index in [1.807, 2.05) is 0 Å². The van der Waals surface area contributed by atoms with Crippen molar-refractivity contribution in [1.82, 2.24) is 0 Å². The summed E-state index contributed by atoms with van der Waals surface area (Å²) in [5.74, 6) is -0.592. The fourth-order valence-corrected chi connectivity index (χ4v) is 5.87. The maximum Gasteiger partial charge on any atom is 0.306 e. The zero-order valence-corrected chi connectivity index (χ0v) is 27.8. The zero-order chi connectivity index (χ0) is 30.7. The second kappa shape index (κ2) is 27.0. The Kier molecular flexibility index (Phi) is 24.7. The van der Waals surface area contributed by atoms with Crippen LogP contribution in [0.25, 0.3) is 0 Å². The SMILES string of the molecule is CCCCCCCCCC(=O)OC1CC(OC(=O)CCCCCCCCC)CC(OC(=O)CCCCCCCCC)C1. The van der Waals surface area contributed by atoms with Crippen LogP contribution >= 0.6 is 0 Å². The molecule has 0 bridgehead atoms. The summed E-state index contributed by atoms with van der Waals surface area (Å²) < 4.78 is 17.5. The molecule has 0 aromatic carbocycles. The number of hydrogen-bond donors (Lipinski definition) is 0. The predicted octanol–water partition coefficient (Wildman–Crippen LogP) is 10.3. The third kappa shape index (κ3) is 22.0. The Bertz CT molecular complexity index is 581. The summed E-state index contributed by atoms with van der Waals surface area (Å²) in [6.45, 7) is 6.64. The predicted molar refractivity (Wildman–Crippen MR) is 171 cm³/mol. The first-order chi connectivity index (χ1) is 20.5. The molecule has 0 N–H and O–H groups in total. The number of hydrogen-bond acceptors (Lipinski definition) is 6. The van der Waals surface area contributed by atoms with Gasteiger partial charge in [0.15, 0.2) is 0 Å². The quantitative estimate of drug-likeness (QED) is 0.0535. The molecule has 6 nitrogen and oxygen atoms in total. The molecule has 0 aromatic heterocycles. The average molecular weight is 595 g/mol. The van der Waals surface area contributed by atoms with Crippen LogP contribution in [0.4, 0.5) is 0 Å². The molecule has 0 amide bonds. The van der Waals surface area contributed by atoms with E-state index in [0.717, 1.165) is 57.8 Å². The van der Waals surface area contributed by atoms with Crippen molar-refractivity contribution in [3.8, 4) is 0 Å². The van der Waals surface area contributed by atoms with Gasteiger partial charge >= 0.3 is 17.9 Å². The Labute approximate surface area is 258 Å². The van der Waals surface area contributed by atoms with Gasteiger partial charge in [-0.1, -0.05) is 136 Å². The van der Waals surface area contributed by atoms with E-state index in [2.05, 4.69) is 20.8 Å². The van der Waals surface area contributed by atoms with Crippen molar-refractivity contribution in [2.45, 2.75) is 212 Å². The molecule has 42 heavy (non-hydrogen) atoms. The molecular weight excluding hydrogens is 528 g/mol. The minimum Gasteiger partial charge on any atom is -0.462 e. The summed E-state index contributed by atoms with van der Waals surface area (Å²) in [5.41, 5.74) is 0. The standard InChI is InChI=1S/C36H66O6/c1-4-7-10-13-16-19-22-25-34(37)40-31-28-32(41-35(38)26-23-20-17-14-11-8-5-2)30-33(29-31)42-36(39)27-24-21-18-15-12-9-6-3/h31-33H,4-30H2,1-3H3. The van der Waals surface area contributed by atoms with Crippen LogP contribution in [0.5, 0.6) is 0 Å². The van der Waals surface area contributed by atoms with Crippen molar-refractivity contribution in [1.29, 1.82) is 0 Å². The molecule has 0 atom stereocenters. The molecule has 1 aliphatic rings. The summed E-state index contributed by atoms with van der Waals surface area (Å²) >= 11 is 0. The van der Waals surface area contributed by atoms with Gasteiger partial charge in [0.05, 0.1) is 0 Å². The molecule has 0 spiro atoms. The summed E-state index contributed by atoms with van der Waals surface area (Å²) in [5, 5.41) is 0. The Morgan fingerprint density at radius 3 is 0.833 bits per heavy atom. The van der Waals surface area contributed by atoms with Crippen LogP contribution in [-0.4, -0.2) is 36.2 Å². The lowest BCUT2D eigenvalue weighted by Crippen LogP contribution is -2.40. The summed E-state index contributed by atoms with van der Waals surface area (Å²) in [7, 11) is 0. The van der Waals surface area contributed by atoms with Crippen molar-refractivity contribution in [2.75, 3.05) is 0 Å². The molecule has 1 saturated carbocycles. The molecule has 1 aliphatic carbocycles. The Hall–Kier alpha value is -1.59. The van der Waals surface area contributed by atoms with Crippen LogP contribution in [-0.2, 0) is 28.6 Å². The Morgan fingerprint density at radius 1 is 0.381 bits per heavy atom. The number of carbonyl (C=O) groups excluding carboxylic acids is 3. The van der Waals surface area contributed by atoms with Crippen molar-refractivity contribution >= 4 is 17.9 Å². The van der Waals surface area contributed by atoms with E-state index in [-0.39, 0.29) is 36.2 Å². The normalized spacial score (nSPS) is 18.5. The highest BCUT2D eigenvalue weighted by atomic mass is 16.6. The van der Waals surface area contributed by atoms with Crippen LogP contribution in [0.15, 0.2) is 0 Å². The van der Waals surface area contributed by atoms with E-state index in [1.54, 1.807) is 0 Å². The topological polar surface area (TPSA) is 78.9 Å². The van der Waals surface area contributed by atoms with Gasteiger partial charge in [-0.15, -0.1) is 0 Å². The van der Waals surface area contributed by atoms with Gasteiger partial charge in [-0.2, -0.15) is 0 Å². The maximum absolute atomic E-state index is 12.6. The van der Waals surface area contributed by atoms with Gasteiger partial charge in [0.25, 0.3) is 0 Å². The van der Waals surface area contributed by atoms with E-state index >= 15 is 0 Å². The lowest BCUT2D eigenvalue weighted by atomic mass is 9.92. The van der Waals surface area contributed by atoms with E-state index in [1.165, 1.54) is 77.0 Å². The lowest BCUT2D eigenvalue weighted by Gasteiger charge is -2.34. The molecule has 6 heteroatoms. The van der Waals surface area contributed by atoms with Gasteiger partial charge in [-0.3, -0.25) is 14.4 Å². The smallest absolute Gasteiger partial charge is 0.306 e. The van der Waals surface area contributed by atoms with Gasteiger partial charge in [0, 0.05) is 38.5 Å². The summed E-state index contributed by atoms with van der Waals surface area (Å²) in [6, 6.07) is 0. The van der Waals surface area contributed by atoms with E-state index in [9.17, 15) is 14.4 Å². The maximum atomic E-state index is 12.6. The number of esters is 3. The number of rotatable bonds is 27. The van der Waals surface area contributed by atoms with Gasteiger partial charge < -0.3 is 14.2 Å². The van der Waals surface area contributed by atoms with Gasteiger partial charge in [-0.05, 0) is 19.3 Å². The molecule has 1 fully saturated rings. The first-order valence-corrected chi connectivity index (χ1v) is 18.1. The Balaban J connectivity index is 2.49. The fourth-order valence-electron chi connectivity index (χ4n) is 5.87. The number of unbranched alkanes of at least 4 members (excludes halogenated alkanes) is 18. The van der Waals surface area contributed by atoms with Crippen LogP contribution in [0.1, 0.15) is 194 Å². The van der Waals surface area contributed by atoms with Crippen LogP contribution in [0.3, 0.4) is 0 Å². The molecular formula is C36H66O6. The van der Waals surface area contributed by atoms with Gasteiger partial charge in [0.1, 0.15) is 18.3 Å². The highest BCUT2D eigenvalue weighted by Crippen LogP contribution is 2.28. The van der Waals surface area contributed by atoms with Crippen LogP contribution < -0.4 is 0 Å². The number of ether oxygens (including phenoxy) is 3. The first kappa shape index (κ1) is 38.4. The van der Waals surface area contributed by atoms with Gasteiger partial charge in [-0.25, -0.2) is 0 Å². The summed E-state index contributed by atoms with van der Waals surface area (Å²) in [6.07, 6.45) is 25.7. The molecule has 0 radical (unpaired) electrons. The van der Waals surface area contributed by atoms with Crippen molar-refractivity contribution < 1.29 is 28.6 Å². The fraction of sp³-hybridized carbons (Fsp3) is 0.917. The van der Waals surface area contributed by atoms with Crippen molar-refractivity contribution in [3.05, 3.63) is 0 Å². The highest BCUT2D eigenvalue weighted by molar-refractivity contribution is 5.70. The molecule has 246 valence electrons. The average Bonchev–Trinajstić information content (AvgIpc) is 2.95. The monoisotopic (exact) mass is 594 g/mol. The zero-order valence-electron chi connectivity index (χ0n) is 27.8. The minimum absolute atomic E-state index is 0.197. The number of carbonyl (C=O) groups is 3. The molecule has 0 unspecified atom stereocenters. The Morgan fingerprint density at radius 2 is 0.595 bits per heavy atom. The van der Waals surface area contributed by atoms with Crippen LogP contribution in [0.2, 0.25) is 0 Å².